The molecule has 9 heteroatoms. The summed E-state index contributed by atoms with van der Waals surface area (Å²) in [5, 5.41) is 3.20. The highest BCUT2D eigenvalue weighted by Gasteiger charge is 2.34. The monoisotopic (exact) mass is 473 g/mol. The largest absolute Gasteiger partial charge is 0.326 e. The minimum atomic E-state index is -3.43. The summed E-state index contributed by atoms with van der Waals surface area (Å²) in [5.41, 5.74) is 2.96. The smallest absolute Gasteiger partial charge is 0.299 e. The van der Waals surface area contributed by atoms with Crippen molar-refractivity contribution in [2.24, 2.45) is 0 Å². The van der Waals surface area contributed by atoms with Crippen LogP contribution in [0, 0.1) is 11.8 Å². The van der Waals surface area contributed by atoms with Crippen molar-refractivity contribution < 1.29 is 18.0 Å². The minimum Gasteiger partial charge on any atom is -0.326 e. The van der Waals surface area contributed by atoms with Gasteiger partial charge in [-0.25, -0.2) is 8.42 Å². The number of hydrogen-bond acceptors (Lipinski definition) is 4. The molecule has 0 radical (unpaired) electrons. The van der Waals surface area contributed by atoms with Gasteiger partial charge in [-0.05, 0) is 59.9 Å². The van der Waals surface area contributed by atoms with Gasteiger partial charge in [-0.2, -0.15) is 4.31 Å². The van der Waals surface area contributed by atoms with Crippen LogP contribution < -0.4 is 5.32 Å². The van der Waals surface area contributed by atoms with Crippen molar-refractivity contribution in [2.75, 3.05) is 31.2 Å². The average molecular weight is 474 g/mol. The molecule has 0 aromatic heterocycles. The first-order valence-corrected chi connectivity index (χ1v) is 12.2. The highest BCUT2D eigenvalue weighted by Crippen LogP contribution is 2.33. The Balaban J connectivity index is 2.05. The molecule has 7 nitrogen and oxygen atoms in total. The maximum atomic E-state index is 12.6. The Kier molecular flexibility index (Phi) is 7.24. The molecule has 1 heterocycles. The number of nitrogens with one attached hydrogen (secondary N) is 1. The van der Waals surface area contributed by atoms with Crippen LogP contribution in [-0.4, -0.2) is 55.3 Å². The minimum absolute atomic E-state index is 0.113. The van der Waals surface area contributed by atoms with Crippen molar-refractivity contribution in [1.82, 2.24) is 9.21 Å². The van der Waals surface area contributed by atoms with Crippen molar-refractivity contribution in [3.8, 4) is 23.0 Å². The third-order valence-corrected chi connectivity index (χ3v) is 6.61. The number of carbonyl (C=O) groups is 2. The Hall–Kier alpha value is -2.86. The number of sulfonamides is 1. The van der Waals surface area contributed by atoms with Gasteiger partial charge in [0.15, 0.2) is 0 Å². The second-order valence-electron chi connectivity index (χ2n) is 7.55. The van der Waals surface area contributed by atoms with Gasteiger partial charge in [-0.3, -0.25) is 9.59 Å². The predicted molar refractivity (Wildman–Crippen MR) is 126 cm³/mol. The number of amides is 2. The zero-order valence-electron chi connectivity index (χ0n) is 18.1. The Morgan fingerprint density at radius 1 is 1.12 bits per heavy atom. The average Bonchev–Trinajstić information content (AvgIpc) is 2.72. The summed E-state index contributed by atoms with van der Waals surface area (Å²) >= 11 is 6.42. The highest BCUT2D eigenvalue weighted by molar-refractivity contribution is 7.88. The lowest BCUT2D eigenvalue weighted by molar-refractivity contribution is -0.129. The van der Waals surface area contributed by atoms with Gasteiger partial charge in [-0.1, -0.05) is 29.7 Å². The van der Waals surface area contributed by atoms with Gasteiger partial charge in [0.1, 0.15) is 0 Å². The van der Waals surface area contributed by atoms with Gasteiger partial charge in [0, 0.05) is 37.3 Å². The van der Waals surface area contributed by atoms with Gasteiger partial charge in [0.25, 0.3) is 5.91 Å². The molecular formula is C23H24ClN3O4S. The maximum Gasteiger partial charge on any atom is 0.299 e. The van der Waals surface area contributed by atoms with Gasteiger partial charge < -0.3 is 10.2 Å². The van der Waals surface area contributed by atoms with Crippen LogP contribution in [0.1, 0.15) is 25.5 Å². The Labute approximate surface area is 193 Å². The van der Waals surface area contributed by atoms with Crippen LogP contribution in [-0.2, 0) is 19.6 Å². The molecule has 1 aliphatic heterocycles. The second kappa shape index (κ2) is 9.74. The first kappa shape index (κ1) is 23.8. The van der Waals surface area contributed by atoms with Crippen LogP contribution >= 0.6 is 11.6 Å². The van der Waals surface area contributed by atoms with E-state index in [4.69, 9.17) is 11.6 Å². The van der Waals surface area contributed by atoms with E-state index in [1.54, 1.807) is 30.0 Å². The zero-order valence-corrected chi connectivity index (χ0v) is 19.6. The normalized spacial score (nSPS) is 16.8. The topological polar surface area (TPSA) is 86.8 Å². The number of nitrogens with zero attached hydrogens (tertiary/aromatic N) is 2. The van der Waals surface area contributed by atoms with Gasteiger partial charge in [0.2, 0.25) is 15.9 Å². The van der Waals surface area contributed by atoms with Crippen molar-refractivity contribution in [2.45, 2.75) is 19.9 Å². The second-order valence-corrected chi connectivity index (χ2v) is 9.96. The predicted octanol–water partition coefficient (Wildman–Crippen LogP) is 3.13. The first-order valence-electron chi connectivity index (χ1n) is 9.95. The van der Waals surface area contributed by atoms with E-state index in [1.807, 2.05) is 24.3 Å². The van der Waals surface area contributed by atoms with E-state index in [0.717, 1.165) is 17.4 Å². The lowest BCUT2D eigenvalue weighted by Crippen LogP contribution is -2.51. The summed E-state index contributed by atoms with van der Waals surface area (Å²) < 4.78 is 25.7. The van der Waals surface area contributed by atoms with Crippen molar-refractivity contribution in [1.29, 1.82) is 0 Å². The molecule has 0 saturated carbocycles. The number of rotatable bonds is 4. The number of benzene rings is 2. The van der Waals surface area contributed by atoms with Crippen LogP contribution in [0.2, 0.25) is 5.02 Å². The standard InChI is InChI=1S/C23H24ClN3O4S/c1-4-6-23(29)27-10-9-26(32(3,30)31)15-22(27)19-11-18(12-20(24)13-19)17-7-5-8-21(14-17)25-16(2)28/h5,7-8,11-14,22H,9-10,15H2,1-3H3,(H,25,28). The third-order valence-electron chi connectivity index (χ3n) is 5.13. The molecule has 3 rings (SSSR count). The van der Waals surface area contributed by atoms with Gasteiger partial charge in [0.05, 0.1) is 12.3 Å². The lowest BCUT2D eigenvalue weighted by Gasteiger charge is -2.40. The summed E-state index contributed by atoms with van der Waals surface area (Å²) in [6.45, 7) is 3.57. The fourth-order valence-electron chi connectivity index (χ4n) is 3.72. The van der Waals surface area contributed by atoms with E-state index in [1.165, 1.54) is 11.2 Å². The highest BCUT2D eigenvalue weighted by atomic mass is 35.5. The van der Waals surface area contributed by atoms with E-state index < -0.39 is 16.1 Å². The van der Waals surface area contributed by atoms with Crippen LogP contribution in [0.25, 0.3) is 11.1 Å². The molecule has 1 N–H and O–H groups in total. The van der Waals surface area contributed by atoms with Crippen molar-refractivity contribution >= 4 is 39.1 Å². The van der Waals surface area contributed by atoms with E-state index in [0.29, 0.717) is 16.3 Å². The SMILES string of the molecule is CC#CC(=O)N1CCN(S(C)(=O)=O)CC1c1cc(Cl)cc(-c2cccc(NC(C)=O)c2)c1. The molecule has 1 saturated heterocycles. The molecule has 1 atom stereocenters. The Morgan fingerprint density at radius 3 is 2.53 bits per heavy atom. The molecule has 32 heavy (non-hydrogen) atoms. The van der Waals surface area contributed by atoms with Gasteiger partial charge in [-0.15, -0.1) is 0 Å². The summed E-state index contributed by atoms with van der Waals surface area (Å²) in [7, 11) is -3.43. The van der Waals surface area contributed by atoms with Crippen molar-refractivity contribution in [3.05, 3.63) is 53.1 Å². The number of anilines is 1. The molecule has 0 bridgehead atoms. The molecule has 1 unspecified atom stereocenters. The van der Waals surface area contributed by atoms with E-state index in [2.05, 4.69) is 17.2 Å². The summed E-state index contributed by atoms with van der Waals surface area (Å²) in [4.78, 5) is 25.6. The molecule has 168 valence electrons. The molecule has 0 spiro atoms. The first-order chi connectivity index (χ1) is 15.1. The van der Waals surface area contributed by atoms with E-state index in [9.17, 15) is 18.0 Å². The molecule has 1 fully saturated rings. The molecule has 2 aromatic carbocycles. The molecule has 2 aromatic rings. The Bertz CT molecular complexity index is 1220. The lowest BCUT2D eigenvalue weighted by atomic mass is 9.97. The number of halogens is 1. The third kappa shape index (κ3) is 5.68. The Morgan fingerprint density at radius 2 is 1.88 bits per heavy atom. The molecule has 1 aliphatic rings. The van der Waals surface area contributed by atoms with Crippen LogP contribution in [0.5, 0.6) is 0 Å². The summed E-state index contributed by atoms with van der Waals surface area (Å²) in [5.74, 6) is 4.63. The maximum absolute atomic E-state index is 12.6. The quantitative estimate of drug-likeness (QED) is 0.691. The van der Waals surface area contributed by atoms with Crippen LogP contribution in [0.3, 0.4) is 0 Å². The summed E-state index contributed by atoms with van der Waals surface area (Å²) in [6.07, 6.45) is 1.16. The number of hydrogen-bond donors (Lipinski definition) is 1. The number of carbonyl (C=O) groups excluding carboxylic acids is 2. The molecule has 2 amide bonds. The van der Waals surface area contributed by atoms with E-state index >= 15 is 0 Å². The molecule has 0 aliphatic carbocycles. The van der Waals surface area contributed by atoms with E-state index in [-0.39, 0.29) is 31.4 Å². The molecular weight excluding hydrogens is 450 g/mol. The van der Waals surface area contributed by atoms with Crippen LogP contribution in [0.15, 0.2) is 42.5 Å². The number of piperazine rings is 1. The van der Waals surface area contributed by atoms with Gasteiger partial charge >= 0.3 is 0 Å². The fraction of sp³-hybridized carbons (Fsp3) is 0.304. The summed E-state index contributed by atoms with van der Waals surface area (Å²) in [6, 6.07) is 12.2. The fourth-order valence-corrected chi connectivity index (χ4v) is 4.79. The van der Waals surface area contributed by atoms with Crippen LogP contribution in [0.4, 0.5) is 5.69 Å². The zero-order chi connectivity index (χ0) is 23.5. The van der Waals surface area contributed by atoms with Crippen molar-refractivity contribution in [3.63, 3.8) is 0 Å².